The summed E-state index contributed by atoms with van der Waals surface area (Å²) in [5.41, 5.74) is 0. The van der Waals surface area contributed by atoms with Gasteiger partial charge in [0.1, 0.15) is 0 Å². The predicted octanol–water partition coefficient (Wildman–Crippen LogP) is 0.629. The Kier molecular flexibility index (Phi) is 291. The Morgan fingerprint density at radius 3 is 1.00 bits per heavy atom. The van der Waals surface area contributed by atoms with Crippen LogP contribution in [0, 0.1) is 0 Å². The van der Waals surface area contributed by atoms with Crippen LogP contribution in [0.5, 0.6) is 0 Å². The average Bonchev–Trinajstić information content (AvgIpc) is 0. The molecule has 0 bridgehead atoms. The van der Waals surface area contributed by atoms with Gasteiger partial charge in [0.25, 0.3) is 0 Å². The van der Waals surface area contributed by atoms with Crippen molar-refractivity contribution >= 4 is 0 Å². The smallest absolute Gasteiger partial charge is 0 e. The topological polar surface area (TPSA) is 0 Å². The second-order valence-corrected chi connectivity index (χ2v) is 0. The fourth-order valence-electron chi connectivity index (χ4n) is 0. The van der Waals surface area contributed by atoms with Gasteiger partial charge in [-0.3, -0.25) is 0 Å². The molecule has 4 heavy (non-hydrogen) atoms. The van der Waals surface area contributed by atoms with Crippen molar-refractivity contribution in [2.45, 2.75) is 7.43 Å². The molecular formula is CH4CoCrNi. The normalized spacial score (nSPS) is 0. The van der Waals surface area contributed by atoms with Crippen molar-refractivity contribution in [2.24, 2.45) is 0 Å². The Balaban J connectivity index is 0. The molecule has 1 radical (unpaired) electrons. The van der Waals surface area contributed by atoms with E-state index in [-0.39, 0.29) is 58.1 Å². The first-order chi connectivity index (χ1) is 0. The van der Waals surface area contributed by atoms with Gasteiger partial charge in [-0.05, 0) is 0 Å². The number of hydrogen-bond acceptors (Lipinski definition) is 0. The zero-order valence-electron chi connectivity index (χ0n) is 1.06. The van der Waals surface area contributed by atoms with Crippen molar-refractivity contribution in [3.05, 3.63) is 0 Å². The largest absolute Gasteiger partial charge is 0.0776 e. The summed E-state index contributed by atoms with van der Waals surface area (Å²) in [6.45, 7) is 0. The molecule has 0 aromatic heterocycles. The summed E-state index contributed by atoms with van der Waals surface area (Å²) in [5.74, 6) is 0. The van der Waals surface area contributed by atoms with Crippen LogP contribution in [0.25, 0.3) is 0 Å². The summed E-state index contributed by atoms with van der Waals surface area (Å²) < 4.78 is 0. The molecule has 0 aromatic carbocycles. The predicted molar refractivity (Wildman–Crippen MR) is 6.73 cm³/mol. The SMILES string of the molecule is C.[Co].[Cr].[Ni]. The van der Waals surface area contributed by atoms with E-state index in [1.54, 1.807) is 0 Å². The number of rotatable bonds is 0. The van der Waals surface area contributed by atoms with E-state index < -0.39 is 0 Å². The van der Waals surface area contributed by atoms with Gasteiger partial charge in [0.2, 0.25) is 0 Å². The number of hydrogen-bond donors (Lipinski definition) is 0. The van der Waals surface area contributed by atoms with E-state index in [0.717, 1.165) is 0 Å². The molecule has 0 heterocycles. The van der Waals surface area contributed by atoms with Gasteiger partial charge in [-0.1, -0.05) is 7.43 Å². The van der Waals surface area contributed by atoms with E-state index in [4.69, 9.17) is 0 Å². The van der Waals surface area contributed by atoms with Gasteiger partial charge in [-0.15, -0.1) is 0 Å². The summed E-state index contributed by atoms with van der Waals surface area (Å²) in [4.78, 5) is 0. The summed E-state index contributed by atoms with van der Waals surface area (Å²) in [6, 6.07) is 0. The molecule has 0 saturated heterocycles. The van der Waals surface area contributed by atoms with Crippen molar-refractivity contribution in [3.8, 4) is 0 Å². The van der Waals surface area contributed by atoms with Crippen molar-refractivity contribution in [1.29, 1.82) is 0 Å². The van der Waals surface area contributed by atoms with Gasteiger partial charge in [0, 0.05) is 50.6 Å². The Morgan fingerprint density at radius 1 is 1.00 bits per heavy atom. The molecule has 0 fully saturated rings. The molecule has 0 aliphatic rings. The van der Waals surface area contributed by atoms with E-state index in [1.807, 2.05) is 0 Å². The molecule has 33 valence electrons. The zero-order valence-corrected chi connectivity index (χ0v) is 4.36. The zero-order chi connectivity index (χ0) is 0. The second-order valence-electron chi connectivity index (χ2n) is 0. The third kappa shape index (κ3) is 9.65. The van der Waals surface area contributed by atoms with Crippen LogP contribution in [0.15, 0.2) is 0 Å². The van der Waals surface area contributed by atoms with E-state index >= 15 is 0 Å². The van der Waals surface area contributed by atoms with Crippen LogP contribution in [-0.4, -0.2) is 0 Å². The second kappa shape index (κ2) is 24.1. The molecule has 0 aliphatic carbocycles. The van der Waals surface area contributed by atoms with Gasteiger partial charge >= 0.3 is 0 Å². The summed E-state index contributed by atoms with van der Waals surface area (Å²) in [5, 5.41) is 0. The Hall–Kier alpha value is 1.53. The van der Waals surface area contributed by atoms with Crippen molar-refractivity contribution < 1.29 is 50.6 Å². The molecule has 0 amide bonds. The minimum atomic E-state index is 0. The molecule has 3 heteroatoms. The minimum absolute atomic E-state index is 0. The monoisotopic (exact) mass is 185 g/mol. The van der Waals surface area contributed by atoms with Gasteiger partial charge in [-0.2, -0.15) is 0 Å². The van der Waals surface area contributed by atoms with Crippen molar-refractivity contribution in [2.75, 3.05) is 0 Å². The Bertz CT molecular complexity index is 8.00. The third-order valence-electron chi connectivity index (χ3n) is 0. The van der Waals surface area contributed by atoms with Crippen LogP contribution in [0.4, 0.5) is 0 Å². The van der Waals surface area contributed by atoms with Crippen molar-refractivity contribution in [1.82, 2.24) is 0 Å². The van der Waals surface area contributed by atoms with E-state index in [1.165, 1.54) is 0 Å². The Morgan fingerprint density at radius 2 is 1.00 bits per heavy atom. The molecule has 0 spiro atoms. The standard InChI is InChI=1S/CH4.Co.Cr.Ni/h1H4;;;. The fraction of sp³-hybridized carbons (Fsp3) is 1.00. The summed E-state index contributed by atoms with van der Waals surface area (Å²) in [7, 11) is 0. The van der Waals surface area contributed by atoms with Gasteiger partial charge in [0.05, 0.1) is 0 Å². The van der Waals surface area contributed by atoms with Crippen LogP contribution >= 0.6 is 0 Å². The van der Waals surface area contributed by atoms with Crippen molar-refractivity contribution in [3.63, 3.8) is 0 Å². The van der Waals surface area contributed by atoms with Crippen LogP contribution in [0.2, 0.25) is 0 Å². The first-order valence-corrected chi connectivity index (χ1v) is 0. The minimum Gasteiger partial charge on any atom is -0.0776 e. The van der Waals surface area contributed by atoms with Gasteiger partial charge in [0.15, 0.2) is 0 Å². The quantitative estimate of drug-likeness (QED) is 0.486. The van der Waals surface area contributed by atoms with Gasteiger partial charge < -0.3 is 0 Å². The molecule has 0 nitrogen and oxygen atoms in total. The van der Waals surface area contributed by atoms with E-state index in [2.05, 4.69) is 0 Å². The van der Waals surface area contributed by atoms with Gasteiger partial charge in [-0.25, -0.2) is 0 Å². The van der Waals surface area contributed by atoms with E-state index in [9.17, 15) is 0 Å². The maximum absolute atomic E-state index is 0. The first-order valence-electron chi connectivity index (χ1n) is 0. The summed E-state index contributed by atoms with van der Waals surface area (Å²) in [6.07, 6.45) is 0. The summed E-state index contributed by atoms with van der Waals surface area (Å²) >= 11 is 0. The molecule has 0 N–H and O–H groups in total. The average molecular weight is 186 g/mol. The first kappa shape index (κ1) is 48.4. The molecular weight excluding hydrogens is 182 g/mol. The Labute approximate surface area is 58.0 Å². The molecule has 0 atom stereocenters. The molecule has 0 saturated carbocycles. The third-order valence-corrected chi connectivity index (χ3v) is 0. The molecule has 0 aliphatic heterocycles. The maximum atomic E-state index is 0. The van der Waals surface area contributed by atoms with Crippen LogP contribution in [0.3, 0.4) is 0 Å². The molecule has 0 aromatic rings. The van der Waals surface area contributed by atoms with E-state index in [0.29, 0.717) is 0 Å². The van der Waals surface area contributed by atoms with Crippen LogP contribution in [0.1, 0.15) is 7.43 Å². The molecule has 0 unspecified atom stereocenters. The molecule has 0 rings (SSSR count). The van der Waals surface area contributed by atoms with Crippen LogP contribution < -0.4 is 0 Å². The maximum Gasteiger partial charge on any atom is 0 e. The van der Waals surface area contributed by atoms with Crippen LogP contribution in [-0.2, 0) is 50.6 Å². The fourth-order valence-corrected chi connectivity index (χ4v) is 0.